The summed E-state index contributed by atoms with van der Waals surface area (Å²) >= 11 is 0. The highest BCUT2D eigenvalue weighted by molar-refractivity contribution is 6.01. The quantitative estimate of drug-likeness (QED) is 0.673. The topological polar surface area (TPSA) is 42.9 Å². The molecule has 0 fully saturated rings. The van der Waals surface area contributed by atoms with Gasteiger partial charge in [-0.05, 0) is 18.6 Å². The van der Waals surface area contributed by atoms with Crippen molar-refractivity contribution in [3.8, 4) is 11.3 Å². The van der Waals surface area contributed by atoms with E-state index in [1.54, 1.807) is 0 Å². The van der Waals surface area contributed by atoms with Gasteiger partial charge >= 0.3 is 0 Å². The lowest BCUT2D eigenvalue weighted by Crippen LogP contribution is -2.06. The number of carbonyl (C=O) groups is 1. The molecule has 104 valence electrons. The lowest BCUT2D eigenvalue weighted by Gasteiger charge is -2.10. The predicted molar refractivity (Wildman–Crippen MR) is 84.3 cm³/mol. The molecule has 3 rings (SSSR count). The summed E-state index contributed by atoms with van der Waals surface area (Å²) in [6.45, 7) is 3.85. The molecule has 21 heavy (non-hydrogen) atoms. The number of hydrogen-bond donors (Lipinski definition) is 0. The Morgan fingerprint density at radius 3 is 2.48 bits per heavy atom. The van der Waals surface area contributed by atoms with Gasteiger partial charge in [0.1, 0.15) is 11.4 Å². The number of hydrogen-bond acceptors (Lipinski definition) is 3. The molecule has 0 amide bonds. The Morgan fingerprint density at radius 1 is 1.00 bits per heavy atom. The van der Waals surface area contributed by atoms with Gasteiger partial charge in [0.15, 0.2) is 5.78 Å². The zero-order chi connectivity index (χ0) is 14.8. The zero-order valence-electron chi connectivity index (χ0n) is 12.1. The molecule has 3 aromatic rings. The van der Waals surface area contributed by atoms with Crippen molar-refractivity contribution in [2.24, 2.45) is 0 Å². The van der Waals surface area contributed by atoms with Crippen LogP contribution in [0.3, 0.4) is 0 Å². The van der Waals surface area contributed by atoms with Crippen LogP contribution in [0.15, 0.2) is 48.5 Å². The summed E-state index contributed by atoms with van der Waals surface area (Å²) in [5.74, 6) is 0.0183. The van der Waals surface area contributed by atoms with Crippen LogP contribution >= 0.6 is 0 Å². The molecule has 0 bridgehead atoms. The van der Waals surface area contributed by atoms with Crippen molar-refractivity contribution in [1.82, 2.24) is 9.97 Å². The molecular formula is C18H16N2O. The number of aryl methyl sites for hydroxylation is 1. The summed E-state index contributed by atoms with van der Waals surface area (Å²) in [5, 5.41) is 0. The van der Waals surface area contributed by atoms with Gasteiger partial charge < -0.3 is 0 Å². The van der Waals surface area contributed by atoms with Crippen molar-refractivity contribution in [3.63, 3.8) is 0 Å². The third-order valence-corrected chi connectivity index (χ3v) is 3.53. The van der Waals surface area contributed by atoms with E-state index in [2.05, 4.69) is 4.98 Å². The number of Topliss-reactive ketones (excluding diaryl/α,β-unsaturated/α-hetero) is 1. The first-order valence-corrected chi connectivity index (χ1v) is 7.06. The van der Waals surface area contributed by atoms with E-state index >= 15 is 0 Å². The van der Waals surface area contributed by atoms with Crippen LogP contribution in [0.2, 0.25) is 0 Å². The van der Waals surface area contributed by atoms with Crippen LogP contribution in [0.25, 0.3) is 22.3 Å². The van der Waals surface area contributed by atoms with Gasteiger partial charge in [0.25, 0.3) is 0 Å². The molecule has 0 aliphatic carbocycles. The maximum absolute atomic E-state index is 12.2. The van der Waals surface area contributed by atoms with Crippen molar-refractivity contribution in [3.05, 3.63) is 59.8 Å². The Morgan fingerprint density at radius 2 is 1.76 bits per heavy atom. The minimum absolute atomic E-state index is 0.0183. The van der Waals surface area contributed by atoms with E-state index in [-0.39, 0.29) is 5.78 Å². The van der Waals surface area contributed by atoms with Crippen LogP contribution in [-0.2, 0) is 0 Å². The molecule has 0 atom stereocenters. The third kappa shape index (κ3) is 2.42. The van der Waals surface area contributed by atoms with Crippen molar-refractivity contribution < 1.29 is 4.79 Å². The molecule has 0 aliphatic rings. The first kappa shape index (κ1) is 13.4. The summed E-state index contributed by atoms with van der Waals surface area (Å²) < 4.78 is 0. The van der Waals surface area contributed by atoms with E-state index in [1.807, 2.05) is 62.4 Å². The minimum Gasteiger partial charge on any atom is -0.292 e. The van der Waals surface area contributed by atoms with Crippen LogP contribution in [0.1, 0.15) is 29.4 Å². The molecule has 0 N–H and O–H groups in total. The number of nitrogens with zero attached hydrogens (tertiary/aromatic N) is 2. The molecule has 0 radical (unpaired) electrons. The van der Waals surface area contributed by atoms with Gasteiger partial charge in [0, 0.05) is 12.0 Å². The van der Waals surface area contributed by atoms with Crippen LogP contribution in [-0.4, -0.2) is 15.8 Å². The van der Waals surface area contributed by atoms with Crippen molar-refractivity contribution >= 4 is 16.8 Å². The normalized spacial score (nSPS) is 10.8. The van der Waals surface area contributed by atoms with Crippen molar-refractivity contribution in [2.75, 3.05) is 0 Å². The number of carbonyl (C=O) groups excluding carboxylic acids is 1. The lowest BCUT2D eigenvalue weighted by atomic mass is 10.0. The molecule has 3 nitrogen and oxygen atoms in total. The SMILES string of the molecule is CCC(=O)c1nc2cccc(C)c2nc1-c1ccccc1. The third-order valence-electron chi connectivity index (χ3n) is 3.53. The number of para-hydroxylation sites is 1. The number of benzene rings is 2. The van der Waals surface area contributed by atoms with Crippen LogP contribution < -0.4 is 0 Å². The fraction of sp³-hybridized carbons (Fsp3) is 0.167. The molecule has 0 saturated heterocycles. The van der Waals surface area contributed by atoms with Crippen molar-refractivity contribution in [2.45, 2.75) is 20.3 Å². The number of ketones is 1. The Kier molecular flexibility index (Phi) is 3.48. The summed E-state index contributed by atoms with van der Waals surface area (Å²) in [6, 6.07) is 15.6. The Labute approximate surface area is 123 Å². The molecule has 0 spiro atoms. The highest BCUT2D eigenvalue weighted by atomic mass is 16.1. The lowest BCUT2D eigenvalue weighted by molar-refractivity contribution is 0.0984. The molecule has 2 aromatic carbocycles. The zero-order valence-corrected chi connectivity index (χ0v) is 12.1. The van der Waals surface area contributed by atoms with Crippen molar-refractivity contribution in [1.29, 1.82) is 0 Å². The Bertz CT molecular complexity index is 810. The summed E-state index contributed by atoms with van der Waals surface area (Å²) in [6.07, 6.45) is 0.422. The monoisotopic (exact) mass is 276 g/mol. The number of fused-ring (bicyclic) bond motifs is 1. The highest BCUT2D eigenvalue weighted by Gasteiger charge is 2.16. The van der Waals surface area contributed by atoms with Crippen LogP contribution in [0.5, 0.6) is 0 Å². The summed E-state index contributed by atoms with van der Waals surface area (Å²) in [5.41, 5.74) is 4.74. The Hall–Kier alpha value is -2.55. The molecule has 0 aliphatic heterocycles. The average Bonchev–Trinajstić information content (AvgIpc) is 2.54. The van der Waals surface area contributed by atoms with Gasteiger partial charge in [-0.3, -0.25) is 4.79 Å². The van der Waals surface area contributed by atoms with Crippen LogP contribution in [0.4, 0.5) is 0 Å². The molecule has 0 saturated carbocycles. The highest BCUT2D eigenvalue weighted by Crippen LogP contribution is 2.25. The maximum atomic E-state index is 12.2. The maximum Gasteiger partial charge on any atom is 0.183 e. The largest absolute Gasteiger partial charge is 0.292 e. The van der Waals surface area contributed by atoms with E-state index in [1.165, 1.54) is 0 Å². The average molecular weight is 276 g/mol. The fourth-order valence-corrected chi connectivity index (χ4v) is 2.38. The predicted octanol–water partition coefficient (Wildman–Crippen LogP) is 4.20. The van der Waals surface area contributed by atoms with Gasteiger partial charge in [-0.1, -0.05) is 49.4 Å². The summed E-state index contributed by atoms with van der Waals surface area (Å²) in [7, 11) is 0. The Balaban J connectivity index is 2.34. The van der Waals surface area contributed by atoms with E-state index < -0.39 is 0 Å². The number of rotatable bonds is 3. The van der Waals surface area contributed by atoms with Crippen LogP contribution in [0, 0.1) is 6.92 Å². The summed E-state index contributed by atoms with van der Waals surface area (Å²) in [4.78, 5) is 21.5. The fourth-order valence-electron chi connectivity index (χ4n) is 2.38. The van der Waals surface area contributed by atoms with Gasteiger partial charge in [-0.15, -0.1) is 0 Å². The molecular weight excluding hydrogens is 260 g/mol. The van der Waals surface area contributed by atoms with Gasteiger partial charge in [-0.2, -0.15) is 0 Å². The standard InChI is InChI=1S/C18H16N2O/c1-3-15(21)18-17(13-9-5-4-6-10-13)20-16-12(2)8-7-11-14(16)19-18/h4-11H,3H2,1-2H3. The first-order valence-electron chi connectivity index (χ1n) is 7.06. The van der Waals surface area contributed by atoms with E-state index in [9.17, 15) is 4.79 Å². The van der Waals surface area contributed by atoms with Gasteiger partial charge in [0.05, 0.1) is 11.0 Å². The molecule has 1 aromatic heterocycles. The second kappa shape index (κ2) is 5.44. The minimum atomic E-state index is 0.0183. The molecule has 0 unspecified atom stereocenters. The molecule has 1 heterocycles. The van der Waals surface area contributed by atoms with Gasteiger partial charge in [0.2, 0.25) is 0 Å². The molecule has 3 heteroatoms. The van der Waals surface area contributed by atoms with E-state index in [4.69, 9.17) is 4.98 Å². The number of aromatic nitrogens is 2. The second-order valence-electron chi connectivity index (χ2n) is 5.01. The second-order valence-corrected chi connectivity index (χ2v) is 5.01. The van der Waals surface area contributed by atoms with E-state index in [0.717, 1.165) is 22.2 Å². The first-order chi connectivity index (χ1) is 10.2. The smallest absolute Gasteiger partial charge is 0.183 e. The van der Waals surface area contributed by atoms with Gasteiger partial charge in [-0.25, -0.2) is 9.97 Å². The van der Waals surface area contributed by atoms with E-state index in [0.29, 0.717) is 17.8 Å².